The molecule has 2 rings (SSSR count). The van der Waals surface area contributed by atoms with E-state index in [1.54, 1.807) is 5.56 Å². The van der Waals surface area contributed by atoms with Crippen LogP contribution >= 0.6 is 0 Å². The van der Waals surface area contributed by atoms with Gasteiger partial charge in [0.15, 0.2) is 0 Å². The SMILES string of the molecule is CCCCC1CCCC(c2ccc(C(C)(C)C)cc2)C1. The van der Waals surface area contributed by atoms with Crippen LogP contribution in [-0.4, -0.2) is 0 Å². The van der Waals surface area contributed by atoms with Gasteiger partial charge < -0.3 is 0 Å². The number of benzene rings is 1. The molecule has 0 heterocycles. The molecule has 0 saturated heterocycles. The maximum absolute atomic E-state index is 2.40. The standard InChI is InChI=1S/C20H32/c1-5-6-8-16-9-7-10-18(15-16)17-11-13-19(14-12-17)20(2,3)4/h11-14,16,18H,5-10,15H2,1-4H3. The van der Waals surface area contributed by atoms with Crippen molar-refractivity contribution in [2.24, 2.45) is 5.92 Å². The Bertz CT molecular complexity index is 393. The summed E-state index contributed by atoms with van der Waals surface area (Å²) in [5.41, 5.74) is 3.31. The van der Waals surface area contributed by atoms with Gasteiger partial charge in [-0.25, -0.2) is 0 Å². The van der Waals surface area contributed by atoms with Crippen LogP contribution in [0, 0.1) is 5.92 Å². The van der Waals surface area contributed by atoms with Crippen LogP contribution in [0.4, 0.5) is 0 Å². The molecule has 0 bridgehead atoms. The molecule has 20 heavy (non-hydrogen) atoms. The summed E-state index contributed by atoms with van der Waals surface area (Å²) in [6, 6.07) is 9.50. The first-order valence-corrected chi connectivity index (χ1v) is 8.61. The first-order valence-electron chi connectivity index (χ1n) is 8.61. The zero-order valence-corrected chi connectivity index (χ0v) is 13.9. The Kier molecular flexibility index (Phi) is 5.29. The van der Waals surface area contributed by atoms with E-state index in [-0.39, 0.29) is 5.41 Å². The molecule has 1 fully saturated rings. The van der Waals surface area contributed by atoms with Crippen LogP contribution in [0.25, 0.3) is 0 Å². The van der Waals surface area contributed by atoms with E-state index in [4.69, 9.17) is 0 Å². The molecule has 0 radical (unpaired) electrons. The van der Waals surface area contributed by atoms with Gasteiger partial charge in [-0.1, -0.05) is 84.1 Å². The fourth-order valence-corrected chi connectivity index (χ4v) is 3.60. The van der Waals surface area contributed by atoms with Gasteiger partial charge in [0.1, 0.15) is 0 Å². The van der Waals surface area contributed by atoms with Gasteiger partial charge in [-0.2, -0.15) is 0 Å². The van der Waals surface area contributed by atoms with Crippen molar-refractivity contribution in [1.29, 1.82) is 0 Å². The Morgan fingerprint density at radius 1 is 1.05 bits per heavy atom. The molecule has 2 atom stereocenters. The molecule has 0 amide bonds. The summed E-state index contributed by atoms with van der Waals surface area (Å²) < 4.78 is 0. The number of rotatable bonds is 4. The molecule has 2 unspecified atom stereocenters. The van der Waals surface area contributed by atoms with Gasteiger partial charge in [-0.05, 0) is 41.2 Å². The largest absolute Gasteiger partial charge is 0.0654 e. The Labute approximate surface area is 126 Å². The molecule has 0 aromatic heterocycles. The second kappa shape index (κ2) is 6.78. The van der Waals surface area contributed by atoms with E-state index in [2.05, 4.69) is 52.0 Å². The van der Waals surface area contributed by atoms with Crippen LogP contribution in [0.5, 0.6) is 0 Å². The molecule has 0 N–H and O–H groups in total. The third-order valence-electron chi connectivity index (χ3n) is 5.00. The maximum atomic E-state index is 2.40. The second-order valence-electron chi connectivity index (χ2n) is 7.74. The maximum Gasteiger partial charge on any atom is -0.0132 e. The molecular formula is C20H32. The van der Waals surface area contributed by atoms with Crippen molar-refractivity contribution in [2.45, 2.75) is 84.0 Å². The Hall–Kier alpha value is -0.780. The molecule has 0 nitrogen and oxygen atoms in total. The molecule has 0 aliphatic heterocycles. The van der Waals surface area contributed by atoms with Gasteiger partial charge in [0.25, 0.3) is 0 Å². The zero-order valence-electron chi connectivity index (χ0n) is 13.9. The normalized spacial score (nSPS) is 23.8. The summed E-state index contributed by atoms with van der Waals surface area (Å²) in [6.45, 7) is 9.20. The van der Waals surface area contributed by atoms with Gasteiger partial charge in [0, 0.05) is 0 Å². The lowest BCUT2D eigenvalue weighted by molar-refractivity contribution is 0.300. The smallest absolute Gasteiger partial charge is 0.0132 e. The van der Waals surface area contributed by atoms with Crippen LogP contribution in [0.3, 0.4) is 0 Å². The predicted octanol–water partition coefficient (Wildman–Crippen LogP) is 6.45. The third-order valence-corrected chi connectivity index (χ3v) is 5.00. The van der Waals surface area contributed by atoms with Crippen molar-refractivity contribution in [3.63, 3.8) is 0 Å². The summed E-state index contributed by atoms with van der Waals surface area (Å²) in [7, 11) is 0. The van der Waals surface area contributed by atoms with E-state index in [1.807, 2.05) is 0 Å². The first kappa shape index (κ1) is 15.6. The van der Waals surface area contributed by atoms with Crippen molar-refractivity contribution in [3.05, 3.63) is 35.4 Å². The van der Waals surface area contributed by atoms with Crippen molar-refractivity contribution in [1.82, 2.24) is 0 Å². The van der Waals surface area contributed by atoms with E-state index in [1.165, 1.54) is 50.5 Å². The molecule has 0 heteroatoms. The molecule has 1 aromatic carbocycles. The highest BCUT2D eigenvalue weighted by molar-refractivity contribution is 5.29. The minimum Gasteiger partial charge on any atom is -0.0654 e. The van der Waals surface area contributed by atoms with Gasteiger partial charge in [-0.15, -0.1) is 0 Å². The van der Waals surface area contributed by atoms with E-state index in [0.29, 0.717) is 0 Å². The zero-order chi connectivity index (χ0) is 14.6. The van der Waals surface area contributed by atoms with E-state index in [9.17, 15) is 0 Å². The highest BCUT2D eigenvalue weighted by Crippen LogP contribution is 2.38. The lowest BCUT2D eigenvalue weighted by atomic mass is 9.75. The number of hydrogen-bond donors (Lipinski definition) is 0. The first-order chi connectivity index (χ1) is 9.50. The fraction of sp³-hybridized carbons (Fsp3) is 0.700. The number of unbranched alkanes of at least 4 members (excludes halogenated alkanes) is 1. The van der Waals surface area contributed by atoms with E-state index in [0.717, 1.165) is 11.8 Å². The second-order valence-corrected chi connectivity index (χ2v) is 7.74. The molecular weight excluding hydrogens is 240 g/mol. The molecule has 0 spiro atoms. The van der Waals surface area contributed by atoms with Crippen LogP contribution in [0.2, 0.25) is 0 Å². The number of hydrogen-bond acceptors (Lipinski definition) is 0. The molecule has 1 aliphatic carbocycles. The monoisotopic (exact) mass is 272 g/mol. The van der Waals surface area contributed by atoms with Crippen molar-refractivity contribution >= 4 is 0 Å². The summed E-state index contributed by atoms with van der Waals surface area (Å²) in [5.74, 6) is 1.80. The minimum absolute atomic E-state index is 0.273. The van der Waals surface area contributed by atoms with Crippen molar-refractivity contribution < 1.29 is 0 Å². The quantitative estimate of drug-likeness (QED) is 0.591. The highest BCUT2D eigenvalue weighted by atomic mass is 14.3. The van der Waals surface area contributed by atoms with Crippen molar-refractivity contribution in [3.8, 4) is 0 Å². The van der Waals surface area contributed by atoms with Crippen LogP contribution in [0.1, 0.15) is 89.7 Å². The highest BCUT2D eigenvalue weighted by Gasteiger charge is 2.23. The Morgan fingerprint density at radius 3 is 2.35 bits per heavy atom. The van der Waals surface area contributed by atoms with Gasteiger partial charge in [-0.3, -0.25) is 0 Å². The van der Waals surface area contributed by atoms with E-state index >= 15 is 0 Å². The average molecular weight is 272 g/mol. The van der Waals surface area contributed by atoms with Crippen LogP contribution < -0.4 is 0 Å². The minimum atomic E-state index is 0.273. The molecule has 1 aliphatic rings. The van der Waals surface area contributed by atoms with Gasteiger partial charge >= 0.3 is 0 Å². The Balaban J connectivity index is 2.00. The fourth-order valence-electron chi connectivity index (χ4n) is 3.60. The van der Waals surface area contributed by atoms with Crippen LogP contribution in [0.15, 0.2) is 24.3 Å². The lowest BCUT2D eigenvalue weighted by Crippen LogP contribution is -2.15. The van der Waals surface area contributed by atoms with Crippen molar-refractivity contribution in [2.75, 3.05) is 0 Å². The summed E-state index contributed by atoms with van der Waals surface area (Å²) in [4.78, 5) is 0. The van der Waals surface area contributed by atoms with Crippen LogP contribution in [-0.2, 0) is 5.41 Å². The van der Waals surface area contributed by atoms with E-state index < -0.39 is 0 Å². The predicted molar refractivity (Wildman–Crippen MR) is 89.4 cm³/mol. The molecule has 1 aromatic rings. The topological polar surface area (TPSA) is 0 Å². The van der Waals surface area contributed by atoms with Gasteiger partial charge in [0.05, 0.1) is 0 Å². The molecule has 112 valence electrons. The lowest BCUT2D eigenvalue weighted by Gasteiger charge is -2.30. The summed E-state index contributed by atoms with van der Waals surface area (Å²) >= 11 is 0. The molecule has 1 saturated carbocycles. The Morgan fingerprint density at radius 2 is 1.75 bits per heavy atom. The third kappa shape index (κ3) is 4.11. The average Bonchev–Trinajstić information content (AvgIpc) is 2.45. The van der Waals surface area contributed by atoms with Gasteiger partial charge in [0.2, 0.25) is 0 Å². The summed E-state index contributed by atoms with van der Waals surface area (Å²) in [5, 5.41) is 0. The summed E-state index contributed by atoms with van der Waals surface area (Å²) in [6.07, 6.45) is 9.94.